The van der Waals surface area contributed by atoms with E-state index < -0.39 is 18.3 Å². The molecule has 132 valence electrons. The average molecular weight is 343 g/mol. The molecule has 2 heterocycles. The second kappa shape index (κ2) is 5.71. The Kier molecular flexibility index (Phi) is 4.04. The Hall–Kier alpha value is -2.12. The van der Waals surface area contributed by atoms with Gasteiger partial charge in [0.25, 0.3) is 0 Å². The van der Waals surface area contributed by atoms with Gasteiger partial charge in [-0.1, -0.05) is 0 Å². The van der Waals surface area contributed by atoms with Gasteiger partial charge in [0, 0.05) is 36.6 Å². The molecule has 1 aromatic carbocycles. The number of carbonyl (C=O) groups excluding carboxylic acids is 2. The number of aldehydes is 1. The summed E-state index contributed by atoms with van der Waals surface area (Å²) in [5.74, 6) is -0.223. The Bertz CT molecular complexity index is 852. The molecule has 3 rings (SSSR count). The number of ketones is 1. The van der Waals surface area contributed by atoms with Crippen LogP contribution < -0.4 is 10.8 Å². The first-order valence-electron chi connectivity index (χ1n) is 8.21. The fourth-order valence-corrected chi connectivity index (χ4v) is 2.94. The Morgan fingerprint density at radius 2 is 1.76 bits per heavy atom. The molecule has 2 aromatic rings. The van der Waals surface area contributed by atoms with E-state index in [1.807, 2.05) is 27.7 Å². The van der Waals surface area contributed by atoms with Crippen LogP contribution in [0.4, 0.5) is 5.69 Å². The zero-order chi connectivity index (χ0) is 18.6. The molecule has 0 unspecified atom stereocenters. The molecule has 1 aliphatic heterocycles. The van der Waals surface area contributed by atoms with Gasteiger partial charge in [-0.3, -0.25) is 9.59 Å². The molecule has 0 radical (unpaired) electrons. The van der Waals surface area contributed by atoms with Crippen molar-refractivity contribution in [1.29, 1.82) is 0 Å². The first-order chi connectivity index (χ1) is 11.6. The lowest BCUT2D eigenvalue weighted by Gasteiger charge is -2.32. The van der Waals surface area contributed by atoms with E-state index in [0.29, 0.717) is 17.3 Å². The van der Waals surface area contributed by atoms with Gasteiger partial charge in [0.1, 0.15) is 5.58 Å². The number of hydrogen-bond acceptors (Lipinski definition) is 6. The fraction of sp³-hybridized carbons (Fsp3) is 0.444. The first-order valence-corrected chi connectivity index (χ1v) is 8.21. The van der Waals surface area contributed by atoms with Gasteiger partial charge >= 0.3 is 7.12 Å². The molecule has 0 saturated carbocycles. The van der Waals surface area contributed by atoms with E-state index in [9.17, 15) is 9.59 Å². The van der Waals surface area contributed by atoms with E-state index >= 15 is 0 Å². The van der Waals surface area contributed by atoms with Crippen molar-refractivity contribution in [3.63, 3.8) is 0 Å². The number of nitrogens with one attached hydrogen (secondary N) is 1. The van der Waals surface area contributed by atoms with Crippen LogP contribution >= 0.6 is 0 Å². The van der Waals surface area contributed by atoms with Gasteiger partial charge in [0.05, 0.1) is 16.8 Å². The summed E-state index contributed by atoms with van der Waals surface area (Å²) in [6.07, 6.45) is 0.648. The molecular formula is C18H22BNO5. The largest absolute Gasteiger partial charge is 0.496 e. The summed E-state index contributed by atoms with van der Waals surface area (Å²) < 4.78 is 17.8. The molecule has 1 saturated heterocycles. The number of anilines is 1. The van der Waals surface area contributed by atoms with E-state index in [0.717, 1.165) is 11.2 Å². The molecule has 6 nitrogen and oxygen atoms in total. The van der Waals surface area contributed by atoms with E-state index in [1.165, 1.54) is 6.92 Å². The summed E-state index contributed by atoms with van der Waals surface area (Å²) in [7, 11) is 1.19. The molecule has 0 aliphatic carbocycles. The SMILES string of the molecule is CNc1cc2oc(C(C)=O)c(C=O)c2cc1B1OC(C)(C)C(C)(C)O1. The molecule has 25 heavy (non-hydrogen) atoms. The van der Waals surface area contributed by atoms with Crippen LogP contribution in [0, 0.1) is 0 Å². The van der Waals surface area contributed by atoms with Gasteiger partial charge in [-0.15, -0.1) is 0 Å². The Morgan fingerprint density at radius 1 is 1.16 bits per heavy atom. The van der Waals surface area contributed by atoms with Crippen LogP contribution in [0.2, 0.25) is 0 Å². The van der Waals surface area contributed by atoms with Crippen LogP contribution in [-0.2, 0) is 9.31 Å². The van der Waals surface area contributed by atoms with Crippen LogP contribution in [0.5, 0.6) is 0 Å². The van der Waals surface area contributed by atoms with Crippen LogP contribution in [0.1, 0.15) is 55.5 Å². The smallest absolute Gasteiger partial charge is 0.452 e. The number of furan rings is 1. The Morgan fingerprint density at radius 3 is 2.24 bits per heavy atom. The molecular weight excluding hydrogens is 321 g/mol. The van der Waals surface area contributed by atoms with E-state index in [1.54, 1.807) is 19.2 Å². The third-order valence-electron chi connectivity index (χ3n) is 5.11. The molecule has 1 aliphatic rings. The number of Topliss-reactive ketones (excluding diaryl/α,β-unsaturated/α-hetero) is 1. The van der Waals surface area contributed by atoms with Crippen LogP contribution in [0.3, 0.4) is 0 Å². The predicted molar refractivity (Wildman–Crippen MR) is 96.9 cm³/mol. The standard InChI is InChI=1S/C18H22BNO5/c1-10(22)16-12(9-21)11-7-13(14(20-6)8-15(11)23-16)19-24-17(2,3)18(4,5)25-19/h7-9,20H,1-6H3. The van der Waals surface area contributed by atoms with Crippen molar-refractivity contribution in [2.45, 2.75) is 45.8 Å². The normalized spacial score (nSPS) is 18.6. The second-order valence-corrected chi connectivity index (χ2v) is 7.29. The number of benzene rings is 1. The third-order valence-corrected chi connectivity index (χ3v) is 5.11. The highest BCUT2D eigenvalue weighted by Gasteiger charge is 2.52. The van der Waals surface area contributed by atoms with Crippen molar-refractivity contribution >= 4 is 41.3 Å². The number of rotatable bonds is 4. The number of hydrogen-bond donors (Lipinski definition) is 1. The van der Waals surface area contributed by atoms with Crippen molar-refractivity contribution in [3.05, 3.63) is 23.5 Å². The summed E-state index contributed by atoms with van der Waals surface area (Å²) in [6.45, 7) is 9.29. The number of carbonyl (C=O) groups is 2. The number of fused-ring (bicyclic) bond motifs is 1. The molecule has 1 fully saturated rings. The molecule has 0 spiro atoms. The lowest BCUT2D eigenvalue weighted by Crippen LogP contribution is -2.41. The van der Waals surface area contributed by atoms with Crippen molar-refractivity contribution in [2.24, 2.45) is 0 Å². The minimum atomic E-state index is -0.591. The van der Waals surface area contributed by atoms with E-state index in [-0.39, 0.29) is 17.1 Å². The highest BCUT2D eigenvalue weighted by molar-refractivity contribution is 6.64. The second-order valence-electron chi connectivity index (χ2n) is 7.29. The summed E-state index contributed by atoms with van der Waals surface area (Å²) in [5, 5.41) is 3.68. The zero-order valence-electron chi connectivity index (χ0n) is 15.4. The summed E-state index contributed by atoms with van der Waals surface area (Å²) >= 11 is 0. The van der Waals surface area contributed by atoms with Crippen LogP contribution in [-0.4, -0.2) is 37.4 Å². The van der Waals surface area contributed by atoms with Gasteiger partial charge in [0.15, 0.2) is 17.8 Å². The summed E-state index contributed by atoms with van der Waals surface area (Å²) in [5.41, 5.74) is 1.28. The first kappa shape index (κ1) is 17.7. The van der Waals surface area contributed by atoms with Crippen molar-refractivity contribution in [3.8, 4) is 0 Å². The summed E-state index contributed by atoms with van der Waals surface area (Å²) in [4.78, 5) is 23.3. The van der Waals surface area contributed by atoms with Gasteiger partial charge in [-0.2, -0.15) is 0 Å². The lowest BCUT2D eigenvalue weighted by atomic mass is 9.77. The monoisotopic (exact) mass is 343 g/mol. The van der Waals surface area contributed by atoms with Crippen LogP contribution in [0.15, 0.2) is 16.5 Å². The van der Waals surface area contributed by atoms with Gasteiger partial charge in [-0.25, -0.2) is 0 Å². The minimum Gasteiger partial charge on any atom is -0.452 e. The molecule has 1 aromatic heterocycles. The van der Waals surface area contributed by atoms with E-state index in [2.05, 4.69) is 5.32 Å². The maximum absolute atomic E-state index is 11.7. The van der Waals surface area contributed by atoms with Crippen molar-refractivity contribution in [2.75, 3.05) is 12.4 Å². The van der Waals surface area contributed by atoms with Gasteiger partial charge in [-0.05, 0) is 33.8 Å². The lowest BCUT2D eigenvalue weighted by molar-refractivity contribution is 0.00578. The van der Waals surface area contributed by atoms with Gasteiger partial charge < -0.3 is 19.0 Å². The highest BCUT2D eigenvalue weighted by atomic mass is 16.7. The highest BCUT2D eigenvalue weighted by Crippen LogP contribution is 2.37. The zero-order valence-corrected chi connectivity index (χ0v) is 15.4. The van der Waals surface area contributed by atoms with Crippen molar-refractivity contribution < 1.29 is 23.3 Å². The molecule has 0 atom stereocenters. The maximum atomic E-state index is 11.7. The van der Waals surface area contributed by atoms with Gasteiger partial charge in [0.2, 0.25) is 0 Å². The minimum absolute atomic E-state index is 0.0677. The predicted octanol–water partition coefficient (Wildman–Crippen LogP) is 2.79. The van der Waals surface area contributed by atoms with Crippen LogP contribution in [0.25, 0.3) is 11.0 Å². The Balaban J connectivity index is 2.19. The molecule has 0 amide bonds. The summed E-state index contributed by atoms with van der Waals surface area (Å²) in [6, 6.07) is 3.55. The molecule has 1 N–H and O–H groups in total. The average Bonchev–Trinajstić information content (AvgIpc) is 2.99. The topological polar surface area (TPSA) is 77.8 Å². The quantitative estimate of drug-likeness (QED) is 0.523. The molecule has 0 bridgehead atoms. The maximum Gasteiger partial charge on any atom is 0.496 e. The Labute approximate surface area is 147 Å². The van der Waals surface area contributed by atoms with E-state index in [4.69, 9.17) is 13.7 Å². The third kappa shape index (κ3) is 2.67. The fourth-order valence-electron chi connectivity index (χ4n) is 2.94. The molecule has 7 heteroatoms. The van der Waals surface area contributed by atoms with Crippen molar-refractivity contribution in [1.82, 2.24) is 0 Å².